The molecule has 3 aromatic carbocycles. The molecular weight excluding hydrogens is 436 g/mol. The second-order valence-corrected chi connectivity index (χ2v) is 9.38. The van der Waals surface area contributed by atoms with Crippen molar-refractivity contribution >= 4 is 11.8 Å². The normalized spacial score (nSPS) is 11.7. The van der Waals surface area contributed by atoms with Gasteiger partial charge in [-0.1, -0.05) is 86.1 Å². The Labute approximate surface area is 209 Å². The number of nitrogens with zero attached hydrogens (tertiary/aromatic N) is 1. The van der Waals surface area contributed by atoms with Gasteiger partial charge in [-0.15, -0.1) is 0 Å². The molecule has 0 aliphatic carbocycles. The number of amides is 2. The van der Waals surface area contributed by atoms with Gasteiger partial charge >= 0.3 is 0 Å². The summed E-state index contributed by atoms with van der Waals surface area (Å²) >= 11 is 0. The van der Waals surface area contributed by atoms with Gasteiger partial charge in [-0.3, -0.25) is 9.59 Å². The summed E-state index contributed by atoms with van der Waals surface area (Å²) in [6.07, 6.45) is 0.656. The Kier molecular flexibility index (Phi) is 9.47. The first kappa shape index (κ1) is 26.0. The highest BCUT2D eigenvalue weighted by molar-refractivity contribution is 5.88. The van der Waals surface area contributed by atoms with Gasteiger partial charge in [0.25, 0.3) is 0 Å². The quantitative estimate of drug-likeness (QED) is 0.429. The Balaban J connectivity index is 1.94. The van der Waals surface area contributed by atoms with E-state index in [4.69, 9.17) is 4.74 Å². The number of hydrogen-bond donors (Lipinski definition) is 1. The van der Waals surface area contributed by atoms with Crippen molar-refractivity contribution in [1.29, 1.82) is 0 Å². The van der Waals surface area contributed by atoms with Crippen molar-refractivity contribution in [1.82, 2.24) is 10.2 Å². The van der Waals surface area contributed by atoms with E-state index in [1.807, 2.05) is 79.7 Å². The number of nitrogens with one attached hydrogen (secondary N) is 1. The molecule has 0 radical (unpaired) electrons. The number of carbonyl (C=O) groups is 2. The first-order valence-corrected chi connectivity index (χ1v) is 12.1. The van der Waals surface area contributed by atoms with Gasteiger partial charge < -0.3 is 15.0 Å². The fraction of sp³-hybridized carbons (Fsp3) is 0.333. The van der Waals surface area contributed by atoms with Crippen LogP contribution in [0.4, 0.5) is 0 Å². The summed E-state index contributed by atoms with van der Waals surface area (Å²) in [7, 11) is 1.62. The summed E-state index contributed by atoms with van der Waals surface area (Å²) in [5.74, 6) is 0.847. The van der Waals surface area contributed by atoms with Crippen LogP contribution in [0, 0.1) is 12.8 Å². The minimum atomic E-state index is -0.623. The third-order valence-corrected chi connectivity index (χ3v) is 5.91. The van der Waals surface area contributed by atoms with Crippen molar-refractivity contribution in [3.05, 3.63) is 101 Å². The second kappa shape index (κ2) is 12.7. The number of carbonyl (C=O) groups excluding carboxylic acids is 2. The van der Waals surface area contributed by atoms with E-state index in [1.165, 1.54) is 0 Å². The number of benzene rings is 3. The Hall–Kier alpha value is -3.60. The van der Waals surface area contributed by atoms with Crippen molar-refractivity contribution in [3.63, 3.8) is 0 Å². The molecule has 2 amide bonds. The Morgan fingerprint density at radius 1 is 0.886 bits per heavy atom. The monoisotopic (exact) mass is 472 g/mol. The molecule has 0 aliphatic heterocycles. The zero-order valence-corrected chi connectivity index (χ0v) is 21.2. The lowest BCUT2D eigenvalue weighted by Crippen LogP contribution is -2.51. The standard InChI is InChI=1S/C30H36N2O3/c1-22(2)20-31-30(34)28(18-24-10-6-5-7-11-24)32(21-26-12-8-9-23(3)17-26)29(33)19-25-13-15-27(35-4)16-14-25/h5-17,22,28H,18-21H2,1-4H3,(H,31,34)/t28-/m1/s1. The molecule has 0 fully saturated rings. The van der Waals surface area contributed by atoms with Gasteiger partial charge in [0.1, 0.15) is 11.8 Å². The molecule has 1 N–H and O–H groups in total. The highest BCUT2D eigenvalue weighted by Crippen LogP contribution is 2.18. The van der Waals surface area contributed by atoms with Crippen LogP contribution in [0.25, 0.3) is 0 Å². The molecule has 0 bridgehead atoms. The van der Waals surface area contributed by atoms with Gasteiger partial charge in [0.05, 0.1) is 13.5 Å². The molecule has 184 valence electrons. The average molecular weight is 473 g/mol. The summed E-state index contributed by atoms with van der Waals surface area (Å²) in [5.41, 5.74) is 4.02. The highest BCUT2D eigenvalue weighted by atomic mass is 16.5. The van der Waals surface area contributed by atoms with Gasteiger partial charge in [0.2, 0.25) is 11.8 Å². The van der Waals surface area contributed by atoms with Crippen molar-refractivity contribution in [2.45, 2.75) is 46.2 Å². The van der Waals surface area contributed by atoms with Crippen molar-refractivity contribution < 1.29 is 14.3 Å². The van der Waals surface area contributed by atoms with Gasteiger partial charge in [-0.2, -0.15) is 0 Å². The molecule has 3 rings (SSSR count). The van der Waals surface area contributed by atoms with Crippen molar-refractivity contribution in [3.8, 4) is 5.75 Å². The fourth-order valence-corrected chi connectivity index (χ4v) is 4.00. The van der Waals surface area contributed by atoms with E-state index in [0.29, 0.717) is 25.4 Å². The fourth-order valence-electron chi connectivity index (χ4n) is 4.00. The van der Waals surface area contributed by atoms with Gasteiger partial charge in [0, 0.05) is 19.5 Å². The largest absolute Gasteiger partial charge is 0.497 e. The lowest BCUT2D eigenvalue weighted by atomic mass is 10.0. The van der Waals surface area contributed by atoms with Crippen LogP contribution in [0.3, 0.4) is 0 Å². The molecule has 0 aromatic heterocycles. The number of ether oxygens (including phenoxy) is 1. The maximum Gasteiger partial charge on any atom is 0.243 e. The van der Waals surface area contributed by atoms with Gasteiger partial charge in [-0.25, -0.2) is 0 Å². The maximum absolute atomic E-state index is 13.7. The zero-order valence-electron chi connectivity index (χ0n) is 21.2. The van der Waals surface area contributed by atoms with E-state index in [2.05, 4.69) is 25.2 Å². The van der Waals surface area contributed by atoms with E-state index in [-0.39, 0.29) is 18.2 Å². The van der Waals surface area contributed by atoms with Crippen LogP contribution < -0.4 is 10.1 Å². The first-order chi connectivity index (χ1) is 16.9. The maximum atomic E-state index is 13.7. The Morgan fingerprint density at radius 2 is 1.57 bits per heavy atom. The Morgan fingerprint density at radius 3 is 2.20 bits per heavy atom. The third-order valence-electron chi connectivity index (χ3n) is 5.91. The van der Waals surface area contributed by atoms with Gasteiger partial charge in [-0.05, 0) is 41.7 Å². The third kappa shape index (κ3) is 7.99. The number of rotatable bonds is 11. The lowest BCUT2D eigenvalue weighted by molar-refractivity contribution is -0.140. The molecule has 0 aliphatic rings. The zero-order chi connectivity index (χ0) is 25.2. The molecule has 35 heavy (non-hydrogen) atoms. The van der Waals surface area contributed by atoms with Crippen LogP contribution in [0.15, 0.2) is 78.9 Å². The minimum Gasteiger partial charge on any atom is -0.497 e. The van der Waals surface area contributed by atoms with E-state index < -0.39 is 6.04 Å². The van der Waals surface area contributed by atoms with Gasteiger partial charge in [0.15, 0.2) is 0 Å². The summed E-state index contributed by atoms with van der Waals surface area (Å²) in [6.45, 7) is 7.08. The smallest absolute Gasteiger partial charge is 0.243 e. The van der Waals surface area contributed by atoms with E-state index in [9.17, 15) is 9.59 Å². The van der Waals surface area contributed by atoms with Crippen LogP contribution in [0.2, 0.25) is 0 Å². The molecule has 0 heterocycles. The number of hydrogen-bond acceptors (Lipinski definition) is 3. The summed E-state index contributed by atoms with van der Waals surface area (Å²) in [4.78, 5) is 29.0. The summed E-state index contributed by atoms with van der Waals surface area (Å²) in [6, 6.07) is 24.8. The molecule has 0 saturated heterocycles. The van der Waals surface area contributed by atoms with Crippen LogP contribution >= 0.6 is 0 Å². The van der Waals surface area contributed by atoms with Crippen LogP contribution in [-0.2, 0) is 29.0 Å². The van der Waals surface area contributed by atoms with Crippen molar-refractivity contribution in [2.75, 3.05) is 13.7 Å². The number of methoxy groups -OCH3 is 1. The van der Waals surface area contributed by atoms with Crippen LogP contribution in [0.5, 0.6) is 5.75 Å². The first-order valence-electron chi connectivity index (χ1n) is 12.1. The van der Waals surface area contributed by atoms with E-state index >= 15 is 0 Å². The highest BCUT2D eigenvalue weighted by Gasteiger charge is 2.30. The van der Waals surface area contributed by atoms with E-state index in [1.54, 1.807) is 12.0 Å². The van der Waals surface area contributed by atoms with E-state index in [0.717, 1.165) is 28.0 Å². The van der Waals surface area contributed by atoms with Crippen molar-refractivity contribution in [2.24, 2.45) is 5.92 Å². The molecule has 5 heteroatoms. The molecule has 3 aromatic rings. The molecule has 0 unspecified atom stereocenters. The lowest BCUT2D eigenvalue weighted by Gasteiger charge is -2.32. The second-order valence-electron chi connectivity index (χ2n) is 9.38. The Bertz CT molecular complexity index is 1090. The summed E-state index contributed by atoms with van der Waals surface area (Å²) in [5, 5.41) is 3.06. The SMILES string of the molecule is COc1ccc(CC(=O)N(Cc2cccc(C)c2)[C@H](Cc2ccccc2)C(=O)NCC(C)C)cc1. The minimum absolute atomic E-state index is 0.0858. The molecule has 5 nitrogen and oxygen atoms in total. The number of aryl methyl sites for hydroxylation is 1. The predicted molar refractivity (Wildman–Crippen MR) is 140 cm³/mol. The average Bonchev–Trinajstić information content (AvgIpc) is 2.85. The summed E-state index contributed by atoms with van der Waals surface area (Å²) < 4.78 is 5.25. The van der Waals surface area contributed by atoms with Crippen LogP contribution in [-0.4, -0.2) is 36.4 Å². The molecule has 1 atom stereocenters. The topological polar surface area (TPSA) is 58.6 Å². The van der Waals surface area contributed by atoms with Crippen LogP contribution in [0.1, 0.15) is 36.1 Å². The molecular formula is C30H36N2O3. The predicted octanol–water partition coefficient (Wildman–Crippen LogP) is 4.96. The molecule has 0 spiro atoms. The molecule has 0 saturated carbocycles.